The van der Waals surface area contributed by atoms with Crippen LogP contribution in [0.1, 0.15) is 26.7 Å². The van der Waals surface area contributed by atoms with Crippen molar-refractivity contribution in [2.24, 2.45) is 11.8 Å². The van der Waals surface area contributed by atoms with Crippen molar-refractivity contribution in [1.82, 2.24) is 9.80 Å². The molecule has 1 aliphatic rings. The smallest absolute Gasteiger partial charge is 0.239 e. The van der Waals surface area contributed by atoms with Crippen LogP contribution < -0.4 is 0 Å². The van der Waals surface area contributed by atoms with Crippen molar-refractivity contribution in [2.75, 3.05) is 27.2 Å². The molecule has 1 amide bonds. The van der Waals surface area contributed by atoms with Gasteiger partial charge < -0.3 is 9.80 Å². The second-order valence-electron chi connectivity index (χ2n) is 5.35. The summed E-state index contributed by atoms with van der Waals surface area (Å²) in [6.07, 6.45) is 2.35. The first-order chi connectivity index (χ1) is 7.97. The van der Waals surface area contributed by atoms with Gasteiger partial charge in [-0.1, -0.05) is 13.8 Å². The lowest BCUT2D eigenvalue weighted by atomic mass is 9.96. The van der Waals surface area contributed by atoms with Gasteiger partial charge in [-0.25, -0.2) is 0 Å². The highest BCUT2D eigenvalue weighted by Crippen LogP contribution is 2.18. The van der Waals surface area contributed by atoms with Crippen molar-refractivity contribution in [3.05, 3.63) is 0 Å². The first kappa shape index (κ1) is 14.0. The van der Waals surface area contributed by atoms with Crippen molar-refractivity contribution in [1.29, 1.82) is 5.26 Å². The number of hydrogen-bond donors (Lipinski definition) is 0. The van der Waals surface area contributed by atoms with Crippen LogP contribution in [0.15, 0.2) is 0 Å². The quantitative estimate of drug-likeness (QED) is 0.741. The fourth-order valence-corrected chi connectivity index (χ4v) is 2.34. The summed E-state index contributed by atoms with van der Waals surface area (Å²) < 4.78 is 0. The van der Waals surface area contributed by atoms with Gasteiger partial charge in [-0.2, -0.15) is 5.26 Å². The van der Waals surface area contributed by atoms with E-state index in [0.29, 0.717) is 6.04 Å². The van der Waals surface area contributed by atoms with Gasteiger partial charge in [0.1, 0.15) is 5.92 Å². The standard InChI is InChI=1S/C13H23N3O/c1-10(2)12(8-14)13(17)16(4)9-11-6-5-7-15(11)3/h10-12H,5-7,9H2,1-4H3. The fourth-order valence-electron chi connectivity index (χ4n) is 2.34. The number of likely N-dealkylation sites (tertiary alicyclic amines) is 1. The van der Waals surface area contributed by atoms with Crippen LogP contribution in [0.4, 0.5) is 0 Å². The second kappa shape index (κ2) is 6.02. The van der Waals surface area contributed by atoms with E-state index in [1.165, 1.54) is 6.42 Å². The predicted octanol–water partition coefficient (Wildman–Crippen LogP) is 1.33. The van der Waals surface area contributed by atoms with E-state index >= 15 is 0 Å². The maximum Gasteiger partial charge on any atom is 0.239 e. The molecule has 1 saturated heterocycles. The van der Waals surface area contributed by atoms with E-state index in [1.54, 1.807) is 11.9 Å². The van der Waals surface area contributed by atoms with Crippen molar-refractivity contribution in [3.63, 3.8) is 0 Å². The maximum absolute atomic E-state index is 12.1. The summed E-state index contributed by atoms with van der Waals surface area (Å²) in [6, 6.07) is 2.57. The molecule has 4 heteroatoms. The molecule has 1 aliphatic heterocycles. The number of nitriles is 1. The van der Waals surface area contributed by atoms with E-state index in [1.807, 2.05) is 13.8 Å². The number of nitrogens with zero attached hydrogens (tertiary/aromatic N) is 3. The van der Waals surface area contributed by atoms with Crippen LogP contribution in [-0.4, -0.2) is 48.9 Å². The number of carbonyl (C=O) groups is 1. The van der Waals surface area contributed by atoms with Gasteiger partial charge in [0.05, 0.1) is 6.07 Å². The van der Waals surface area contributed by atoms with E-state index in [-0.39, 0.29) is 11.8 Å². The number of hydrogen-bond acceptors (Lipinski definition) is 3. The molecule has 0 bridgehead atoms. The van der Waals surface area contributed by atoms with Gasteiger partial charge in [0.2, 0.25) is 5.91 Å². The van der Waals surface area contributed by atoms with Gasteiger partial charge in [0.25, 0.3) is 0 Å². The highest BCUT2D eigenvalue weighted by Gasteiger charge is 2.28. The molecular weight excluding hydrogens is 214 g/mol. The Morgan fingerprint density at radius 3 is 2.65 bits per heavy atom. The molecule has 0 aromatic heterocycles. The summed E-state index contributed by atoms with van der Waals surface area (Å²) in [4.78, 5) is 16.1. The third kappa shape index (κ3) is 3.44. The van der Waals surface area contributed by atoms with Crippen molar-refractivity contribution >= 4 is 5.91 Å². The Kier molecular flexibility index (Phi) is 4.95. The zero-order valence-electron chi connectivity index (χ0n) is 11.3. The molecular formula is C13H23N3O. The monoisotopic (exact) mass is 237 g/mol. The van der Waals surface area contributed by atoms with Gasteiger partial charge >= 0.3 is 0 Å². The van der Waals surface area contributed by atoms with Crippen molar-refractivity contribution < 1.29 is 4.79 Å². The van der Waals surface area contributed by atoms with Gasteiger partial charge in [-0.3, -0.25) is 4.79 Å². The van der Waals surface area contributed by atoms with Crippen LogP contribution >= 0.6 is 0 Å². The zero-order chi connectivity index (χ0) is 13.0. The molecule has 2 atom stereocenters. The van der Waals surface area contributed by atoms with Crippen molar-refractivity contribution in [3.8, 4) is 6.07 Å². The molecule has 0 aromatic carbocycles. The summed E-state index contributed by atoms with van der Waals surface area (Å²) >= 11 is 0. The molecule has 0 N–H and O–H groups in total. The SMILES string of the molecule is CC(C)C(C#N)C(=O)N(C)CC1CCCN1C. The molecule has 1 heterocycles. The average Bonchev–Trinajstić information content (AvgIpc) is 2.64. The first-order valence-corrected chi connectivity index (χ1v) is 6.32. The molecule has 96 valence electrons. The number of rotatable bonds is 4. The van der Waals surface area contributed by atoms with Gasteiger partial charge in [0, 0.05) is 19.6 Å². The van der Waals surface area contributed by atoms with Crippen LogP contribution in [0.2, 0.25) is 0 Å². The van der Waals surface area contributed by atoms with Crippen LogP contribution in [0.25, 0.3) is 0 Å². The van der Waals surface area contributed by atoms with E-state index in [9.17, 15) is 4.79 Å². The second-order valence-corrected chi connectivity index (χ2v) is 5.35. The average molecular weight is 237 g/mol. The van der Waals surface area contributed by atoms with Gasteiger partial charge in [0.15, 0.2) is 0 Å². The van der Waals surface area contributed by atoms with Gasteiger partial charge in [-0.15, -0.1) is 0 Å². The Labute approximate surface area is 104 Å². The summed E-state index contributed by atoms with van der Waals surface area (Å²) in [5, 5.41) is 9.02. The minimum atomic E-state index is -0.508. The molecule has 0 saturated carbocycles. The lowest BCUT2D eigenvalue weighted by molar-refractivity contribution is -0.134. The predicted molar refractivity (Wildman–Crippen MR) is 67.2 cm³/mol. The molecule has 17 heavy (non-hydrogen) atoms. The summed E-state index contributed by atoms with van der Waals surface area (Å²) in [5.74, 6) is -0.467. The molecule has 0 aliphatic carbocycles. The molecule has 0 aromatic rings. The molecule has 0 radical (unpaired) electrons. The highest BCUT2D eigenvalue weighted by molar-refractivity contribution is 5.81. The molecule has 2 unspecified atom stereocenters. The molecule has 1 rings (SSSR count). The zero-order valence-corrected chi connectivity index (χ0v) is 11.3. The minimum Gasteiger partial charge on any atom is -0.343 e. The Morgan fingerprint density at radius 2 is 2.24 bits per heavy atom. The van der Waals surface area contributed by atoms with E-state index in [2.05, 4.69) is 18.0 Å². The Hall–Kier alpha value is -1.08. The topological polar surface area (TPSA) is 47.3 Å². The first-order valence-electron chi connectivity index (χ1n) is 6.32. The fraction of sp³-hybridized carbons (Fsp3) is 0.846. The van der Waals surface area contributed by atoms with Crippen molar-refractivity contribution in [2.45, 2.75) is 32.7 Å². The molecule has 0 spiro atoms. The Bertz CT molecular complexity index is 308. The van der Waals surface area contributed by atoms with Crippen LogP contribution in [0.5, 0.6) is 0 Å². The summed E-state index contributed by atoms with van der Waals surface area (Å²) in [5.41, 5.74) is 0. The van der Waals surface area contributed by atoms with Crippen LogP contribution in [-0.2, 0) is 4.79 Å². The summed E-state index contributed by atoms with van der Waals surface area (Å²) in [6.45, 7) is 5.68. The number of likely N-dealkylation sites (N-methyl/N-ethyl adjacent to an activating group) is 2. The maximum atomic E-state index is 12.1. The van der Waals surface area contributed by atoms with E-state index in [0.717, 1.165) is 19.5 Å². The van der Waals surface area contributed by atoms with Gasteiger partial charge in [-0.05, 0) is 32.4 Å². The molecule has 4 nitrogen and oxygen atoms in total. The normalized spacial score (nSPS) is 22.5. The number of carbonyl (C=O) groups excluding carboxylic acids is 1. The molecule has 1 fully saturated rings. The van der Waals surface area contributed by atoms with E-state index < -0.39 is 5.92 Å². The van der Waals surface area contributed by atoms with Crippen LogP contribution in [0.3, 0.4) is 0 Å². The third-order valence-electron chi connectivity index (χ3n) is 3.60. The minimum absolute atomic E-state index is 0.0391. The highest BCUT2D eigenvalue weighted by atomic mass is 16.2. The lowest BCUT2D eigenvalue weighted by Gasteiger charge is -2.28. The summed E-state index contributed by atoms with van der Waals surface area (Å²) in [7, 11) is 3.90. The Morgan fingerprint density at radius 1 is 1.59 bits per heavy atom. The third-order valence-corrected chi connectivity index (χ3v) is 3.60. The largest absolute Gasteiger partial charge is 0.343 e. The Balaban J connectivity index is 2.55. The number of amides is 1. The van der Waals surface area contributed by atoms with E-state index in [4.69, 9.17) is 5.26 Å². The lowest BCUT2D eigenvalue weighted by Crippen LogP contribution is -2.42. The van der Waals surface area contributed by atoms with Crippen LogP contribution in [0, 0.1) is 23.2 Å².